The van der Waals surface area contributed by atoms with Gasteiger partial charge in [0.05, 0.1) is 17.9 Å². The highest BCUT2D eigenvalue weighted by Gasteiger charge is 2.29. The minimum absolute atomic E-state index is 0.0112. The van der Waals surface area contributed by atoms with Gasteiger partial charge in [0.15, 0.2) is 0 Å². The van der Waals surface area contributed by atoms with Crippen molar-refractivity contribution in [2.45, 2.75) is 36.8 Å². The summed E-state index contributed by atoms with van der Waals surface area (Å²) in [5.74, 6) is -0.490. The molecule has 3 N–H and O–H groups in total. The second-order valence-electron chi connectivity index (χ2n) is 9.49. The Morgan fingerprint density at radius 2 is 1.59 bits per heavy atom. The van der Waals surface area contributed by atoms with Gasteiger partial charge in [-0.3, -0.25) is 4.79 Å². The van der Waals surface area contributed by atoms with E-state index in [2.05, 4.69) is 31.9 Å². The number of thioether (sulfide) groups is 1. The molecule has 0 atom stereocenters. The van der Waals surface area contributed by atoms with E-state index in [0.717, 1.165) is 16.5 Å². The Hall–Kier alpha value is -3.25. The molecule has 3 aromatic carbocycles. The molecule has 0 bridgehead atoms. The third-order valence-electron chi connectivity index (χ3n) is 6.27. The van der Waals surface area contributed by atoms with Crippen molar-refractivity contribution < 1.29 is 22.8 Å². The Kier molecular flexibility index (Phi) is 11.6. The fourth-order valence-electron chi connectivity index (χ4n) is 4.19. The molecule has 6 nitrogen and oxygen atoms in total. The van der Waals surface area contributed by atoms with Gasteiger partial charge in [0.1, 0.15) is 0 Å². The lowest BCUT2D eigenvalue weighted by molar-refractivity contribution is -0.0328. The highest BCUT2D eigenvalue weighted by atomic mass is 79.9. The number of amides is 3. The first-order chi connectivity index (χ1) is 20.9. The molecular weight excluding hydrogens is 700 g/mol. The van der Waals surface area contributed by atoms with Crippen molar-refractivity contribution in [1.82, 2.24) is 20.9 Å². The van der Waals surface area contributed by atoms with Crippen LogP contribution in [0.1, 0.15) is 35.0 Å². The van der Waals surface area contributed by atoms with E-state index < -0.39 is 11.4 Å². The molecule has 1 aromatic heterocycles. The van der Waals surface area contributed by atoms with E-state index in [1.165, 1.54) is 24.3 Å². The molecule has 0 saturated heterocycles. The van der Waals surface area contributed by atoms with E-state index >= 15 is 0 Å². The smallest absolute Gasteiger partial charge is 0.348 e. The zero-order valence-electron chi connectivity index (χ0n) is 23.2. The Bertz CT molecular complexity index is 1640. The molecule has 0 aliphatic carbocycles. The van der Waals surface area contributed by atoms with E-state index in [-0.39, 0.29) is 41.3 Å². The monoisotopic (exact) mass is 724 g/mol. The molecule has 0 fully saturated rings. The van der Waals surface area contributed by atoms with E-state index in [1.807, 2.05) is 37.3 Å². The standard InChI is InChI=1S/C31H26BrCl2F3N4O2S/c1-2-13-38-30(43)40-17-27-20(16-39-29(42)19-5-10-23(11-6-19)44-31(35,36)37)14-25(24-12-9-22(33)15-26(24)34)28(41-27)18-3-7-21(32)8-4-18/h3-12,14-15H,2,13,16-17H2,1H3,(H,39,42)(H2,38,40,43). The number of nitrogens with one attached hydrogen (secondary N) is 3. The number of rotatable bonds is 10. The largest absolute Gasteiger partial charge is 0.446 e. The van der Waals surface area contributed by atoms with Crippen LogP contribution in [0.4, 0.5) is 18.0 Å². The first-order valence-corrected chi connectivity index (χ1v) is 15.7. The number of urea groups is 1. The van der Waals surface area contributed by atoms with Gasteiger partial charge < -0.3 is 16.0 Å². The summed E-state index contributed by atoms with van der Waals surface area (Å²) in [6.45, 7) is 2.51. The molecule has 230 valence electrons. The van der Waals surface area contributed by atoms with Crippen LogP contribution in [0.3, 0.4) is 0 Å². The SMILES string of the molecule is CCCNC(=O)NCc1nc(-c2ccc(Br)cc2)c(-c2ccc(Cl)cc2Cl)cc1CNC(=O)c1ccc(SC(F)(F)F)cc1. The lowest BCUT2D eigenvalue weighted by Gasteiger charge is -2.18. The minimum atomic E-state index is -4.43. The summed E-state index contributed by atoms with van der Waals surface area (Å²) in [7, 11) is 0. The predicted molar refractivity (Wildman–Crippen MR) is 173 cm³/mol. The zero-order chi connectivity index (χ0) is 31.9. The maximum atomic E-state index is 13.0. The number of carbonyl (C=O) groups excluding carboxylic acids is 2. The predicted octanol–water partition coefficient (Wildman–Crippen LogP) is 9.24. The van der Waals surface area contributed by atoms with Gasteiger partial charge in [-0.2, -0.15) is 13.2 Å². The Morgan fingerprint density at radius 1 is 0.886 bits per heavy atom. The van der Waals surface area contributed by atoms with Gasteiger partial charge in [-0.15, -0.1) is 0 Å². The Balaban J connectivity index is 1.72. The van der Waals surface area contributed by atoms with Gasteiger partial charge >= 0.3 is 11.5 Å². The third kappa shape index (κ3) is 9.37. The number of carbonyl (C=O) groups is 2. The summed E-state index contributed by atoms with van der Waals surface area (Å²) in [5.41, 5.74) is -0.421. The van der Waals surface area contributed by atoms with Crippen molar-refractivity contribution in [1.29, 1.82) is 0 Å². The highest BCUT2D eigenvalue weighted by molar-refractivity contribution is 9.10. The molecule has 13 heteroatoms. The normalized spacial score (nSPS) is 11.2. The van der Waals surface area contributed by atoms with Gasteiger partial charge in [-0.1, -0.05) is 64.3 Å². The number of aromatic nitrogens is 1. The molecule has 1 heterocycles. The molecule has 0 unspecified atom stereocenters. The van der Waals surface area contributed by atoms with Gasteiger partial charge in [0.2, 0.25) is 0 Å². The molecular formula is C31H26BrCl2F3N4O2S. The molecule has 0 aliphatic heterocycles. The molecule has 4 aromatic rings. The lowest BCUT2D eigenvalue weighted by atomic mass is 9.96. The number of nitrogens with zero attached hydrogens (tertiary/aromatic N) is 1. The molecule has 0 saturated carbocycles. The molecule has 44 heavy (non-hydrogen) atoms. The number of pyridine rings is 1. The maximum absolute atomic E-state index is 13.0. The van der Waals surface area contributed by atoms with Crippen molar-refractivity contribution in [3.8, 4) is 22.4 Å². The van der Waals surface area contributed by atoms with E-state index in [4.69, 9.17) is 28.2 Å². The third-order valence-corrected chi connectivity index (χ3v) is 8.09. The second kappa shape index (κ2) is 15.2. The van der Waals surface area contributed by atoms with Crippen LogP contribution < -0.4 is 16.0 Å². The number of benzene rings is 3. The molecule has 0 aliphatic rings. The van der Waals surface area contributed by atoms with Crippen LogP contribution in [0.2, 0.25) is 10.0 Å². The number of alkyl halides is 3. The average Bonchev–Trinajstić information content (AvgIpc) is 2.98. The first kappa shape index (κ1) is 33.6. The zero-order valence-corrected chi connectivity index (χ0v) is 27.1. The van der Waals surface area contributed by atoms with Crippen LogP contribution in [0, 0.1) is 0 Å². The van der Waals surface area contributed by atoms with Crippen LogP contribution in [-0.4, -0.2) is 29.0 Å². The summed E-state index contributed by atoms with van der Waals surface area (Å²) in [5, 5.41) is 9.25. The van der Waals surface area contributed by atoms with Gasteiger partial charge in [-0.25, -0.2) is 9.78 Å². The number of halogens is 6. The average molecular weight is 726 g/mol. The van der Waals surface area contributed by atoms with Crippen LogP contribution >= 0.6 is 50.9 Å². The fraction of sp³-hybridized carbons (Fsp3) is 0.194. The van der Waals surface area contributed by atoms with Gasteiger partial charge in [-0.05, 0) is 78.3 Å². The molecule has 0 spiro atoms. The summed E-state index contributed by atoms with van der Waals surface area (Å²) in [4.78, 5) is 30.3. The molecule has 3 amide bonds. The summed E-state index contributed by atoms with van der Waals surface area (Å²) >= 11 is 16.0. The lowest BCUT2D eigenvalue weighted by Crippen LogP contribution is -2.36. The summed E-state index contributed by atoms with van der Waals surface area (Å²) in [6.07, 6.45) is 0.767. The fourth-order valence-corrected chi connectivity index (χ4v) is 5.50. The topological polar surface area (TPSA) is 83.1 Å². The van der Waals surface area contributed by atoms with Crippen LogP contribution in [0.15, 0.2) is 82.2 Å². The van der Waals surface area contributed by atoms with Crippen molar-refractivity contribution in [3.63, 3.8) is 0 Å². The van der Waals surface area contributed by atoms with Crippen molar-refractivity contribution in [3.05, 3.63) is 104 Å². The number of hydrogen-bond acceptors (Lipinski definition) is 4. The minimum Gasteiger partial charge on any atom is -0.348 e. The van der Waals surface area contributed by atoms with Crippen molar-refractivity contribution in [2.24, 2.45) is 0 Å². The quantitative estimate of drug-likeness (QED) is 0.142. The first-order valence-electron chi connectivity index (χ1n) is 13.3. The van der Waals surface area contributed by atoms with Gasteiger partial charge in [0, 0.05) is 54.8 Å². The van der Waals surface area contributed by atoms with Crippen molar-refractivity contribution >= 4 is 62.8 Å². The number of hydrogen-bond donors (Lipinski definition) is 3. The van der Waals surface area contributed by atoms with E-state index in [1.54, 1.807) is 18.2 Å². The van der Waals surface area contributed by atoms with E-state index in [9.17, 15) is 22.8 Å². The van der Waals surface area contributed by atoms with Crippen LogP contribution in [-0.2, 0) is 13.1 Å². The molecule has 4 rings (SSSR count). The van der Waals surface area contributed by atoms with E-state index in [0.29, 0.717) is 44.7 Å². The maximum Gasteiger partial charge on any atom is 0.446 e. The van der Waals surface area contributed by atoms with Crippen molar-refractivity contribution in [2.75, 3.05) is 6.54 Å². The Morgan fingerprint density at radius 3 is 2.23 bits per heavy atom. The van der Waals surface area contributed by atoms with Crippen LogP contribution in [0.25, 0.3) is 22.4 Å². The second-order valence-corrected chi connectivity index (χ2v) is 12.4. The van der Waals surface area contributed by atoms with Crippen LogP contribution in [0.5, 0.6) is 0 Å². The molecule has 0 radical (unpaired) electrons. The Labute approximate surface area is 275 Å². The summed E-state index contributed by atoms with van der Waals surface area (Å²) in [6, 6.07) is 19.3. The summed E-state index contributed by atoms with van der Waals surface area (Å²) < 4.78 is 39.0. The highest BCUT2D eigenvalue weighted by Crippen LogP contribution is 2.38. The van der Waals surface area contributed by atoms with Gasteiger partial charge in [0.25, 0.3) is 5.91 Å².